The number of likely N-dealkylation sites (tertiary alicyclic amines) is 1. The fourth-order valence-corrected chi connectivity index (χ4v) is 2.67. The number of hydrogen-bond acceptors (Lipinski definition) is 5. The van der Waals surface area contributed by atoms with Crippen LogP contribution in [0.4, 0.5) is 0 Å². The monoisotopic (exact) mass is 303 g/mol. The molecule has 0 aromatic rings. The van der Waals surface area contributed by atoms with Crippen LogP contribution in [0.1, 0.15) is 32.6 Å². The number of amides is 2. The van der Waals surface area contributed by atoms with Crippen LogP contribution in [0.3, 0.4) is 0 Å². The lowest BCUT2D eigenvalue weighted by atomic mass is 9.76. The normalized spacial score (nSPS) is 19.8. The summed E-state index contributed by atoms with van der Waals surface area (Å²) in [5, 5.41) is 17.9. The number of rotatable bonds is 6. The molecule has 0 bridgehead atoms. The van der Waals surface area contributed by atoms with Crippen molar-refractivity contribution in [3.63, 3.8) is 0 Å². The fraction of sp³-hybridized carbons (Fsp3) is 0.667. The minimum absolute atomic E-state index is 0.0611. The van der Waals surface area contributed by atoms with Gasteiger partial charge in [-0.25, -0.2) is 4.79 Å². The van der Waals surface area contributed by atoms with Gasteiger partial charge in [-0.05, 0) is 17.6 Å². The lowest BCUT2D eigenvalue weighted by molar-refractivity contribution is -0.165. The number of carboxylic acids is 2. The van der Waals surface area contributed by atoms with Crippen LogP contribution >= 0.6 is 12.6 Å². The molecule has 0 saturated carbocycles. The van der Waals surface area contributed by atoms with Gasteiger partial charge in [-0.1, -0.05) is 6.92 Å². The van der Waals surface area contributed by atoms with Gasteiger partial charge >= 0.3 is 11.9 Å². The molecule has 2 amide bonds. The Labute approximate surface area is 121 Å². The van der Waals surface area contributed by atoms with Crippen molar-refractivity contribution in [3.8, 4) is 0 Å². The summed E-state index contributed by atoms with van der Waals surface area (Å²) in [5.74, 6) is -3.41. The molecular weight excluding hydrogens is 286 g/mol. The van der Waals surface area contributed by atoms with E-state index < -0.39 is 35.2 Å². The molecule has 0 aromatic carbocycles. The summed E-state index contributed by atoms with van der Waals surface area (Å²) in [6.07, 6.45) is -0.545. The molecule has 0 aliphatic carbocycles. The lowest BCUT2D eigenvalue weighted by Gasteiger charge is -2.38. The summed E-state index contributed by atoms with van der Waals surface area (Å²) in [5.41, 5.74) is -0.958. The number of imide groups is 1. The third-order valence-corrected chi connectivity index (χ3v) is 3.53. The van der Waals surface area contributed by atoms with Crippen molar-refractivity contribution >= 4 is 36.4 Å². The van der Waals surface area contributed by atoms with Gasteiger partial charge in [0.2, 0.25) is 11.8 Å². The number of aliphatic carboxylic acids is 2. The minimum atomic E-state index is -1.26. The Morgan fingerprint density at radius 1 is 1.30 bits per heavy atom. The van der Waals surface area contributed by atoms with Gasteiger partial charge in [0, 0.05) is 12.8 Å². The van der Waals surface area contributed by atoms with Crippen molar-refractivity contribution < 1.29 is 29.4 Å². The summed E-state index contributed by atoms with van der Waals surface area (Å²) in [7, 11) is 0. The highest BCUT2D eigenvalue weighted by atomic mass is 32.1. The molecule has 0 spiro atoms. The smallest absolute Gasteiger partial charge is 0.326 e. The number of carboxylic acid groups (broad SMARTS) is 2. The van der Waals surface area contributed by atoms with Gasteiger partial charge in [0.1, 0.15) is 6.04 Å². The van der Waals surface area contributed by atoms with Crippen LogP contribution in [-0.4, -0.2) is 50.7 Å². The third-order valence-electron chi connectivity index (χ3n) is 3.27. The maximum Gasteiger partial charge on any atom is 0.326 e. The number of hydrogen-bond donors (Lipinski definition) is 3. The highest BCUT2D eigenvalue weighted by molar-refractivity contribution is 7.80. The molecule has 0 radical (unpaired) electrons. The second kappa shape index (κ2) is 6.25. The zero-order valence-corrected chi connectivity index (χ0v) is 11.9. The zero-order valence-electron chi connectivity index (χ0n) is 11.0. The molecule has 8 heteroatoms. The molecule has 1 saturated heterocycles. The highest BCUT2D eigenvalue weighted by Gasteiger charge is 2.45. The minimum Gasteiger partial charge on any atom is -0.481 e. The number of carbonyl (C=O) groups excluding carboxylic acids is 2. The first kappa shape index (κ1) is 16.5. The Bertz CT molecular complexity index is 431. The van der Waals surface area contributed by atoms with E-state index in [1.165, 1.54) is 0 Å². The van der Waals surface area contributed by atoms with Gasteiger partial charge in [0.25, 0.3) is 0 Å². The molecule has 1 aliphatic rings. The topological polar surface area (TPSA) is 112 Å². The highest BCUT2D eigenvalue weighted by Crippen LogP contribution is 2.36. The number of thiol groups is 1. The van der Waals surface area contributed by atoms with E-state index >= 15 is 0 Å². The van der Waals surface area contributed by atoms with E-state index in [1.54, 1.807) is 6.92 Å². The Morgan fingerprint density at radius 3 is 2.15 bits per heavy atom. The number of piperidine rings is 1. The van der Waals surface area contributed by atoms with Crippen LogP contribution < -0.4 is 0 Å². The van der Waals surface area contributed by atoms with Gasteiger partial charge in [-0.15, -0.1) is 0 Å². The maximum absolute atomic E-state index is 12.0. The largest absolute Gasteiger partial charge is 0.481 e. The second-order valence-corrected chi connectivity index (χ2v) is 5.71. The Balaban J connectivity index is 2.94. The van der Waals surface area contributed by atoms with Crippen LogP contribution in [0, 0.1) is 5.41 Å². The third kappa shape index (κ3) is 3.72. The maximum atomic E-state index is 12.0. The molecule has 112 valence electrons. The summed E-state index contributed by atoms with van der Waals surface area (Å²) in [6, 6.07) is -1.23. The van der Waals surface area contributed by atoms with Crippen molar-refractivity contribution in [1.82, 2.24) is 4.90 Å². The van der Waals surface area contributed by atoms with E-state index in [-0.39, 0.29) is 31.4 Å². The molecule has 1 aliphatic heterocycles. The Kier molecular flexibility index (Phi) is 5.15. The van der Waals surface area contributed by atoms with E-state index in [0.717, 1.165) is 4.90 Å². The standard InChI is InChI=1S/C12H17NO6S/c1-12(6-10(16)17)4-8(14)13(9(15)5-12)7(2-3-20)11(18)19/h7,20H,2-6H2,1H3,(H,16,17)(H,18,19)/t7-/m0/s1. The van der Waals surface area contributed by atoms with Gasteiger partial charge in [-0.3, -0.25) is 19.3 Å². The first-order valence-corrected chi connectivity index (χ1v) is 6.74. The molecule has 0 aromatic heterocycles. The van der Waals surface area contributed by atoms with E-state index in [9.17, 15) is 19.2 Å². The first-order valence-electron chi connectivity index (χ1n) is 6.10. The van der Waals surface area contributed by atoms with Crippen LogP contribution in [0.25, 0.3) is 0 Å². The summed E-state index contributed by atoms with van der Waals surface area (Å²) in [6.45, 7) is 1.54. The fourth-order valence-electron chi connectivity index (χ4n) is 2.43. The van der Waals surface area contributed by atoms with Crippen molar-refractivity contribution in [2.24, 2.45) is 5.41 Å². The first-order chi connectivity index (χ1) is 9.20. The molecule has 1 rings (SSSR count). The second-order valence-electron chi connectivity index (χ2n) is 5.26. The van der Waals surface area contributed by atoms with Crippen LogP contribution in [-0.2, 0) is 19.2 Å². The Morgan fingerprint density at radius 2 is 1.80 bits per heavy atom. The van der Waals surface area contributed by atoms with Crippen LogP contribution in [0.15, 0.2) is 0 Å². The Hall–Kier alpha value is -1.57. The van der Waals surface area contributed by atoms with Crippen molar-refractivity contribution in [3.05, 3.63) is 0 Å². The van der Waals surface area contributed by atoms with Gasteiger partial charge in [0.05, 0.1) is 6.42 Å². The molecule has 1 atom stereocenters. The van der Waals surface area contributed by atoms with Gasteiger partial charge in [-0.2, -0.15) is 12.6 Å². The number of carbonyl (C=O) groups is 4. The quantitative estimate of drug-likeness (QED) is 0.483. The zero-order chi connectivity index (χ0) is 15.5. The van der Waals surface area contributed by atoms with E-state index in [2.05, 4.69) is 12.6 Å². The predicted molar refractivity (Wildman–Crippen MR) is 71.3 cm³/mol. The van der Waals surface area contributed by atoms with Crippen molar-refractivity contribution in [1.29, 1.82) is 0 Å². The summed E-state index contributed by atoms with van der Waals surface area (Å²) < 4.78 is 0. The predicted octanol–water partition coefficient (Wildman–Crippen LogP) is 0.389. The van der Waals surface area contributed by atoms with Crippen molar-refractivity contribution in [2.45, 2.75) is 38.6 Å². The van der Waals surface area contributed by atoms with E-state index in [1.807, 2.05) is 0 Å². The molecular formula is C12H17NO6S. The molecule has 2 N–H and O–H groups in total. The molecule has 7 nitrogen and oxygen atoms in total. The van der Waals surface area contributed by atoms with E-state index in [4.69, 9.17) is 10.2 Å². The molecule has 1 heterocycles. The summed E-state index contributed by atoms with van der Waals surface area (Å²) >= 11 is 3.92. The average molecular weight is 303 g/mol. The van der Waals surface area contributed by atoms with Crippen LogP contribution in [0.2, 0.25) is 0 Å². The summed E-state index contributed by atoms with van der Waals surface area (Å²) in [4.78, 5) is 46.7. The molecule has 1 fully saturated rings. The van der Waals surface area contributed by atoms with Crippen LogP contribution in [0.5, 0.6) is 0 Å². The van der Waals surface area contributed by atoms with E-state index in [0.29, 0.717) is 0 Å². The molecule has 20 heavy (non-hydrogen) atoms. The number of nitrogens with zero attached hydrogens (tertiary/aromatic N) is 1. The molecule has 0 unspecified atom stereocenters. The van der Waals surface area contributed by atoms with Gasteiger partial charge in [0.15, 0.2) is 0 Å². The SMILES string of the molecule is CC1(CC(=O)O)CC(=O)N([C@@H](CCS)C(=O)O)C(=O)C1. The van der Waals surface area contributed by atoms with Gasteiger partial charge < -0.3 is 10.2 Å². The lowest BCUT2D eigenvalue weighted by Crippen LogP contribution is -2.54. The van der Waals surface area contributed by atoms with Crippen molar-refractivity contribution in [2.75, 3.05) is 5.75 Å². The average Bonchev–Trinajstić information content (AvgIpc) is 2.24.